The third-order valence-electron chi connectivity index (χ3n) is 3.97. The Balaban J connectivity index is 1.76. The Hall–Kier alpha value is -2.59. The van der Waals surface area contributed by atoms with Gasteiger partial charge in [0.2, 0.25) is 0 Å². The zero-order chi connectivity index (χ0) is 15.6. The second kappa shape index (κ2) is 5.89. The Kier molecular flexibility index (Phi) is 3.60. The molecule has 0 atom stereocenters. The summed E-state index contributed by atoms with van der Waals surface area (Å²) in [5, 5.41) is 6.23. The molecule has 0 radical (unpaired) electrons. The summed E-state index contributed by atoms with van der Waals surface area (Å²) in [6.45, 7) is 1.45. The Morgan fingerprint density at radius 1 is 0.913 bits per heavy atom. The van der Waals surface area contributed by atoms with Crippen LogP contribution in [0, 0.1) is 0 Å². The summed E-state index contributed by atoms with van der Waals surface area (Å²) >= 11 is 6.31. The number of fused-ring (bicyclic) bond motifs is 1. The molecule has 0 amide bonds. The van der Waals surface area contributed by atoms with Crippen molar-refractivity contribution in [1.82, 2.24) is 19.3 Å². The normalized spacial score (nSPS) is 11.2. The second-order valence-electron chi connectivity index (χ2n) is 5.48. The predicted molar refractivity (Wildman–Crippen MR) is 91.6 cm³/mol. The first-order valence-electron chi connectivity index (χ1n) is 7.44. The fourth-order valence-corrected chi connectivity index (χ4v) is 3.07. The number of nitrogens with zero attached hydrogens (tertiary/aromatic N) is 4. The van der Waals surface area contributed by atoms with Gasteiger partial charge in [0, 0.05) is 28.7 Å². The van der Waals surface area contributed by atoms with Gasteiger partial charge in [-0.05, 0) is 23.3 Å². The van der Waals surface area contributed by atoms with Crippen LogP contribution in [0.4, 0.5) is 0 Å². The number of rotatable bonds is 4. The maximum absolute atomic E-state index is 6.31. The lowest BCUT2D eigenvalue weighted by Gasteiger charge is -2.07. The van der Waals surface area contributed by atoms with Gasteiger partial charge >= 0.3 is 0 Å². The van der Waals surface area contributed by atoms with Crippen molar-refractivity contribution < 1.29 is 0 Å². The fraction of sp³-hybridized carbons (Fsp3) is 0.111. The maximum atomic E-state index is 6.31. The highest BCUT2D eigenvalue weighted by Gasteiger charge is 2.10. The monoisotopic (exact) mass is 322 g/mol. The summed E-state index contributed by atoms with van der Waals surface area (Å²) in [5.74, 6) is 0. The second-order valence-corrected chi connectivity index (χ2v) is 5.89. The van der Waals surface area contributed by atoms with Crippen LogP contribution in [0.1, 0.15) is 11.1 Å². The molecule has 0 saturated heterocycles. The van der Waals surface area contributed by atoms with E-state index in [0.29, 0.717) is 6.54 Å². The minimum Gasteiger partial charge on any atom is -0.343 e. The molecule has 114 valence electrons. The van der Waals surface area contributed by atoms with Gasteiger partial charge in [-0.25, -0.2) is 9.67 Å². The zero-order valence-electron chi connectivity index (χ0n) is 12.4. The third kappa shape index (κ3) is 2.73. The molecule has 0 saturated carbocycles. The molecule has 0 aliphatic carbocycles. The van der Waals surface area contributed by atoms with Gasteiger partial charge < -0.3 is 4.57 Å². The molecule has 23 heavy (non-hydrogen) atoms. The van der Waals surface area contributed by atoms with Gasteiger partial charge in [0.15, 0.2) is 0 Å². The molecule has 5 heteroatoms. The Morgan fingerprint density at radius 2 is 1.74 bits per heavy atom. The molecule has 2 heterocycles. The summed E-state index contributed by atoms with van der Waals surface area (Å²) in [4.78, 5) is 4.01. The van der Waals surface area contributed by atoms with Crippen molar-refractivity contribution in [3.05, 3.63) is 83.5 Å². The van der Waals surface area contributed by atoms with Crippen LogP contribution in [0.2, 0.25) is 5.02 Å². The Labute approximate surface area is 139 Å². The molecular weight excluding hydrogens is 308 g/mol. The highest BCUT2D eigenvalue weighted by molar-refractivity contribution is 6.31. The molecule has 0 spiro atoms. The maximum Gasteiger partial charge on any atom is 0.137 e. The molecule has 0 bridgehead atoms. The summed E-state index contributed by atoms with van der Waals surface area (Å²) in [6, 6.07) is 16.4. The van der Waals surface area contributed by atoms with E-state index in [-0.39, 0.29) is 0 Å². The lowest BCUT2D eigenvalue weighted by Crippen LogP contribution is -2.00. The third-order valence-corrected chi connectivity index (χ3v) is 4.34. The average Bonchev–Trinajstić information content (AvgIpc) is 3.19. The number of hydrogen-bond acceptors (Lipinski definition) is 2. The molecule has 0 aliphatic heterocycles. The molecule has 4 aromatic rings. The number of benzene rings is 2. The van der Waals surface area contributed by atoms with E-state index in [9.17, 15) is 0 Å². The van der Waals surface area contributed by atoms with Crippen LogP contribution >= 0.6 is 11.6 Å². The van der Waals surface area contributed by atoms with E-state index < -0.39 is 0 Å². The lowest BCUT2D eigenvalue weighted by molar-refractivity contribution is 0.684. The van der Waals surface area contributed by atoms with Crippen LogP contribution in [0.3, 0.4) is 0 Å². The largest absolute Gasteiger partial charge is 0.343 e. The van der Waals surface area contributed by atoms with Crippen LogP contribution in [0.25, 0.3) is 10.9 Å². The molecular formula is C18H15ClN4. The van der Waals surface area contributed by atoms with E-state index in [4.69, 9.17) is 11.6 Å². The molecule has 4 nitrogen and oxygen atoms in total. The van der Waals surface area contributed by atoms with Crippen molar-refractivity contribution in [3.63, 3.8) is 0 Å². The minimum atomic E-state index is 0.704. The number of aromatic nitrogens is 4. The van der Waals surface area contributed by atoms with Gasteiger partial charge in [-0.3, -0.25) is 0 Å². The van der Waals surface area contributed by atoms with Gasteiger partial charge in [-0.1, -0.05) is 48.0 Å². The van der Waals surface area contributed by atoms with Crippen molar-refractivity contribution in [2.75, 3.05) is 0 Å². The highest BCUT2D eigenvalue weighted by Crippen LogP contribution is 2.24. The number of para-hydroxylation sites is 1. The molecule has 2 aromatic heterocycles. The first-order valence-corrected chi connectivity index (χ1v) is 7.81. The molecule has 0 aliphatic rings. The topological polar surface area (TPSA) is 35.6 Å². The first kappa shape index (κ1) is 14.0. The SMILES string of the molecule is Clc1ccccc1Cn1cc(Cn2cncn2)c2ccccc21. The van der Waals surface area contributed by atoms with Crippen LogP contribution in [-0.2, 0) is 13.1 Å². The van der Waals surface area contributed by atoms with E-state index in [1.807, 2.05) is 22.9 Å². The Morgan fingerprint density at radius 3 is 2.57 bits per heavy atom. The van der Waals surface area contributed by atoms with Crippen LogP contribution in [0.5, 0.6) is 0 Å². The van der Waals surface area contributed by atoms with E-state index >= 15 is 0 Å². The standard InChI is InChI=1S/C18H15ClN4/c19-17-7-3-1-5-14(17)9-22-10-15(11-23-13-20-12-21-23)16-6-2-4-8-18(16)22/h1-8,10,12-13H,9,11H2. The van der Waals surface area contributed by atoms with Gasteiger partial charge in [0.1, 0.15) is 12.7 Å². The fourth-order valence-electron chi connectivity index (χ4n) is 2.88. The van der Waals surface area contributed by atoms with Gasteiger partial charge in [0.05, 0.1) is 6.54 Å². The summed E-state index contributed by atoms with van der Waals surface area (Å²) in [7, 11) is 0. The van der Waals surface area contributed by atoms with Crippen molar-refractivity contribution in [2.24, 2.45) is 0 Å². The molecule has 2 aromatic carbocycles. The quantitative estimate of drug-likeness (QED) is 0.569. The van der Waals surface area contributed by atoms with Gasteiger partial charge in [-0.2, -0.15) is 5.10 Å². The van der Waals surface area contributed by atoms with Crippen LogP contribution in [-0.4, -0.2) is 19.3 Å². The van der Waals surface area contributed by atoms with Crippen molar-refractivity contribution in [3.8, 4) is 0 Å². The van der Waals surface area contributed by atoms with Gasteiger partial charge in [-0.15, -0.1) is 0 Å². The van der Waals surface area contributed by atoms with Crippen molar-refractivity contribution >= 4 is 22.5 Å². The molecule has 0 fully saturated rings. The molecule has 0 unspecified atom stereocenters. The Bertz CT molecular complexity index is 941. The smallest absolute Gasteiger partial charge is 0.137 e. The average molecular weight is 323 g/mol. The molecule has 4 rings (SSSR count). The number of halogens is 1. The minimum absolute atomic E-state index is 0.704. The number of hydrogen-bond donors (Lipinski definition) is 0. The molecule has 0 N–H and O–H groups in total. The summed E-state index contributed by atoms with van der Waals surface area (Å²) in [5.41, 5.74) is 3.53. The van der Waals surface area contributed by atoms with Gasteiger partial charge in [0.25, 0.3) is 0 Å². The van der Waals surface area contributed by atoms with E-state index in [1.165, 1.54) is 16.5 Å². The van der Waals surface area contributed by atoms with Crippen molar-refractivity contribution in [1.29, 1.82) is 0 Å². The van der Waals surface area contributed by atoms with Crippen LogP contribution in [0.15, 0.2) is 67.4 Å². The van der Waals surface area contributed by atoms with Crippen LogP contribution < -0.4 is 0 Å². The van der Waals surface area contributed by atoms with E-state index in [2.05, 4.69) is 51.2 Å². The predicted octanol–water partition coefficient (Wildman–Crippen LogP) is 3.98. The van der Waals surface area contributed by atoms with E-state index in [1.54, 1.807) is 12.7 Å². The summed E-state index contributed by atoms with van der Waals surface area (Å²) in [6.07, 6.45) is 5.47. The zero-order valence-corrected chi connectivity index (χ0v) is 13.2. The lowest BCUT2D eigenvalue weighted by atomic mass is 10.2. The first-order chi connectivity index (χ1) is 11.3. The highest BCUT2D eigenvalue weighted by atomic mass is 35.5. The summed E-state index contributed by atoms with van der Waals surface area (Å²) < 4.78 is 4.07. The van der Waals surface area contributed by atoms with E-state index in [0.717, 1.165) is 17.1 Å². The van der Waals surface area contributed by atoms with Crippen molar-refractivity contribution in [2.45, 2.75) is 13.1 Å².